The molecule has 7 heteroatoms. The molecular weight excluding hydrogens is 288 g/mol. The third-order valence-electron chi connectivity index (χ3n) is 2.89. The van der Waals surface area contributed by atoms with Crippen molar-refractivity contribution in [2.75, 3.05) is 6.54 Å². The molecule has 0 aliphatic heterocycles. The van der Waals surface area contributed by atoms with Crippen molar-refractivity contribution in [1.29, 1.82) is 0 Å². The van der Waals surface area contributed by atoms with Gasteiger partial charge in [-0.05, 0) is 46.8 Å². The number of aromatic carboxylic acids is 1. The molecule has 0 aliphatic rings. The smallest absolute Gasteiger partial charge is 0.407 e. The lowest BCUT2D eigenvalue weighted by molar-refractivity contribution is 0.0506. The number of ether oxygens (including phenoxy) is 1. The fourth-order valence-corrected chi connectivity index (χ4v) is 1.82. The second-order valence-corrected chi connectivity index (χ2v) is 6.57. The summed E-state index contributed by atoms with van der Waals surface area (Å²) in [7, 11) is 0. The number of hydrogen-bond donors (Lipinski definition) is 2. The second kappa shape index (κ2) is 6.21. The van der Waals surface area contributed by atoms with Crippen molar-refractivity contribution in [3.8, 4) is 0 Å². The summed E-state index contributed by atoms with van der Waals surface area (Å²) in [6.45, 7) is 8.80. The predicted octanol–water partition coefficient (Wildman–Crippen LogP) is 1.81. The minimum Gasteiger partial charge on any atom is -0.477 e. The first-order valence-electron chi connectivity index (χ1n) is 6.86. The van der Waals surface area contributed by atoms with Crippen molar-refractivity contribution >= 4 is 12.1 Å². The third kappa shape index (κ3) is 4.61. The Labute approximate surface area is 128 Å². The first-order valence-corrected chi connectivity index (χ1v) is 6.86. The van der Waals surface area contributed by atoms with Crippen LogP contribution in [0.25, 0.3) is 0 Å². The van der Waals surface area contributed by atoms with Crippen LogP contribution in [0, 0.1) is 0 Å². The molecule has 1 aromatic heterocycles. The Balaban J connectivity index is 2.92. The van der Waals surface area contributed by atoms with Crippen molar-refractivity contribution < 1.29 is 19.4 Å². The van der Waals surface area contributed by atoms with Crippen molar-refractivity contribution in [3.05, 3.63) is 34.2 Å². The summed E-state index contributed by atoms with van der Waals surface area (Å²) in [6, 6.07) is 2.73. The largest absolute Gasteiger partial charge is 0.477 e. The Bertz CT molecular complexity index is 626. The summed E-state index contributed by atoms with van der Waals surface area (Å²) in [4.78, 5) is 34.9. The molecule has 0 saturated carbocycles. The standard InChI is InChI=1S/C15H22N2O5/c1-14(2,3)22-13(21)16-9-15(4,5)17-8-6-7-10(11(17)18)12(19)20/h6-8H,9H2,1-5H3,(H,16,21)(H,19,20). The van der Waals surface area contributed by atoms with Gasteiger partial charge in [-0.15, -0.1) is 0 Å². The van der Waals surface area contributed by atoms with Gasteiger partial charge in [-0.2, -0.15) is 0 Å². The molecule has 0 aromatic carbocycles. The molecule has 0 bridgehead atoms. The number of pyridine rings is 1. The molecule has 2 N–H and O–H groups in total. The summed E-state index contributed by atoms with van der Waals surface area (Å²) in [5.41, 5.74) is -2.35. The normalized spacial score (nSPS) is 11.9. The van der Waals surface area contributed by atoms with Crippen molar-refractivity contribution in [3.63, 3.8) is 0 Å². The van der Waals surface area contributed by atoms with E-state index >= 15 is 0 Å². The highest BCUT2D eigenvalue weighted by Crippen LogP contribution is 2.13. The van der Waals surface area contributed by atoms with Gasteiger partial charge < -0.3 is 19.7 Å². The molecule has 0 spiro atoms. The van der Waals surface area contributed by atoms with E-state index in [0.717, 1.165) is 0 Å². The van der Waals surface area contributed by atoms with Gasteiger partial charge in [0.2, 0.25) is 0 Å². The zero-order chi connectivity index (χ0) is 17.1. The zero-order valence-corrected chi connectivity index (χ0v) is 13.5. The topological polar surface area (TPSA) is 97.6 Å². The lowest BCUT2D eigenvalue weighted by atomic mass is 10.0. The molecule has 0 atom stereocenters. The highest BCUT2D eigenvalue weighted by Gasteiger charge is 2.25. The predicted molar refractivity (Wildman–Crippen MR) is 81.2 cm³/mol. The quantitative estimate of drug-likeness (QED) is 0.884. The van der Waals surface area contributed by atoms with Gasteiger partial charge in [0.05, 0.1) is 5.54 Å². The summed E-state index contributed by atoms with van der Waals surface area (Å²) < 4.78 is 6.42. The van der Waals surface area contributed by atoms with E-state index in [2.05, 4.69) is 5.32 Å². The fourth-order valence-electron chi connectivity index (χ4n) is 1.82. The molecule has 0 saturated heterocycles. The number of carbonyl (C=O) groups is 2. The lowest BCUT2D eigenvalue weighted by Gasteiger charge is -2.29. The van der Waals surface area contributed by atoms with Gasteiger partial charge in [-0.25, -0.2) is 9.59 Å². The maximum absolute atomic E-state index is 12.2. The lowest BCUT2D eigenvalue weighted by Crippen LogP contribution is -2.47. The van der Waals surface area contributed by atoms with E-state index in [1.165, 1.54) is 22.9 Å². The SMILES string of the molecule is CC(C)(C)OC(=O)NCC(C)(C)n1cccc(C(=O)O)c1=O. The Morgan fingerprint density at radius 1 is 1.27 bits per heavy atom. The van der Waals surface area contributed by atoms with Crippen molar-refractivity contribution in [1.82, 2.24) is 9.88 Å². The molecule has 1 rings (SSSR count). The van der Waals surface area contributed by atoms with Gasteiger partial charge >= 0.3 is 12.1 Å². The molecule has 1 amide bonds. The van der Waals surface area contributed by atoms with E-state index in [0.29, 0.717) is 0 Å². The number of carboxylic acids is 1. The molecule has 0 radical (unpaired) electrons. The van der Waals surface area contributed by atoms with E-state index in [1.807, 2.05) is 0 Å². The van der Waals surface area contributed by atoms with Gasteiger partial charge in [0.1, 0.15) is 11.2 Å². The van der Waals surface area contributed by atoms with E-state index in [4.69, 9.17) is 9.84 Å². The van der Waals surface area contributed by atoms with Gasteiger partial charge in [0.15, 0.2) is 0 Å². The Hall–Kier alpha value is -2.31. The van der Waals surface area contributed by atoms with Gasteiger partial charge in [0.25, 0.3) is 5.56 Å². The highest BCUT2D eigenvalue weighted by molar-refractivity contribution is 5.87. The average Bonchev–Trinajstić information content (AvgIpc) is 2.34. The maximum atomic E-state index is 12.2. The summed E-state index contributed by atoms with van der Waals surface area (Å²) >= 11 is 0. The van der Waals surface area contributed by atoms with Crippen LogP contribution in [-0.2, 0) is 10.3 Å². The van der Waals surface area contributed by atoms with Crippen LogP contribution in [0.5, 0.6) is 0 Å². The third-order valence-corrected chi connectivity index (χ3v) is 2.89. The summed E-state index contributed by atoms with van der Waals surface area (Å²) in [5.74, 6) is -1.28. The highest BCUT2D eigenvalue weighted by atomic mass is 16.6. The molecule has 0 fully saturated rings. The van der Waals surface area contributed by atoms with E-state index in [-0.39, 0.29) is 12.1 Å². The molecular formula is C15H22N2O5. The number of hydrogen-bond acceptors (Lipinski definition) is 4. The van der Waals surface area contributed by atoms with Crippen LogP contribution in [0.3, 0.4) is 0 Å². The molecule has 1 heterocycles. The minimum atomic E-state index is -1.28. The monoisotopic (exact) mass is 310 g/mol. The zero-order valence-electron chi connectivity index (χ0n) is 13.5. The number of aromatic nitrogens is 1. The van der Waals surface area contributed by atoms with Crippen molar-refractivity contribution in [2.24, 2.45) is 0 Å². The van der Waals surface area contributed by atoms with Crippen molar-refractivity contribution in [2.45, 2.75) is 45.8 Å². The molecule has 1 aromatic rings. The van der Waals surface area contributed by atoms with E-state index in [9.17, 15) is 14.4 Å². The van der Waals surface area contributed by atoms with Gasteiger partial charge in [-0.1, -0.05) is 0 Å². The van der Waals surface area contributed by atoms with Crippen LogP contribution in [-0.4, -0.2) is 33.9 Å². The van der Waals surface area contributed by atoms with Crippen LogP contribution in [0.1, 0.15) is 45.0 Å². The van der Waals surface area contributed by atoms with Crippen LogP contribution in [0.2, 0.25) is 0 Å². The first-order chi connectivity index (χ1) is 9.94. The second-order valence-electron chi connectivity index (χ2n) is 6.57. The van der Waals surface area contributed by atoms with Crippen LogP contribution < -0.4 is 10.9 Å². The van der Waals surface area contributed by atoms with E-state index in [1.54, 1.807) is 34.6 Å². The van der Waals surface area contributed by atoms with Crippen LogP contribution >= 0.6 is 0 Å². The van der Waals surface area contributed by atoms with Gasteiger partial charge in [-0.3, -0.25) is 4.79 Å². The minimum absolute atomic E-state index is 0.116. The number of nitrogens with zero attached hydrogens (tertiary/aromatic N) is 1. The molecule has 0 aliphatic carbocycles. The van der Waals surface area contributed by atoms with Gasteiger partial charge in [0, 0.05) is 12.7 Å². The Morgan fingerprint density at radius 3 is 2.36 bits per heavy atom. The number of rotatable bonds is 4. The summed E-state index contributed by atoms with van der Waals surface area (Å²) in [5, 5.41) is 11.6. The number of nitrogens with one attached hydrogen (secondary N) is 1. The summed E-state index contributed by atoms with van der Waals surface area (Å²) in [6.07, 6.45) is 0.897. The number of carbonyl (C=O) groups excluding carboxylic acids is 1. The average molecular weight is 310 g/mol. The number of amides is 1. The fraction of sp³-hybridized carbons (Fsp3) is 0.533. The molecule has 122 valence electrons. The number of alkyl carbamates (subject to hydrolysis) is 1. The van der Waals surface area contributed by atoms with Crippen LogP contribution in [0.4, 0.5) is 4.79 Å². The Kier molecular flexibility index (Phi) is 5.01. The maximum Gasteiger partial charge on any atom is 0.407 e. The van der Waals surface area contributed by atoms with Crippen LogP contribution in [0.15, 0.2) is 23.1 Å². The molecule has 7 nitrogen and oxygen atoms in total. The Morgan fingerprint density at radius 2 is 1.86 bits per heavy atom. The number of carboxylic acid groups (broad SMARTS) is 1. The molecule has 0 unspecified atom stereocenters. The first kappa shape index (κ1) is 17.7. The molecule has 22 heavy (non-hydrogen) atoms. The van der Waals surface area contributed by atoms with E-state index < -0.39 is 28.8 Å².